The third kappa shape index (κ3) is 5.48. The van der Waals surface area contributed by atoms with Crippen LogP contribution >= 0.6 is 0 Å². The summed E-state index contributed by atoms with van der Waals surface area (Å²) in [7, 11) is 4.33. The number of hydrogen-bond acceptors (Lipinski definition) is 14. The molecular weight excluding hydrogens is 524 g/mol. The van der Waals surface area contributed by atoms with Crippen molar-refractivity contribution in [2.75, 3.05) is 34.5 Å². The summed E-state index contributed by atoms with van der Waals surface area (Å²) in [5, 5.41) is 60.2. The number of benzene rings is 2. The lowest BCUT2D eigenvalue weighted by Gasteiger charge is -2.48. The molecule has 2 aromatic rings. The zero-order valence-electron chi connectivity index (χ0n) is 21.2. The topological polar surface area (TPSA) is 203 Å². The molecule has 7 atom stereocenters. The average Bonchev–Trinajstić information content (AvgIpc) is 2.94. The smallest absolute Gasteiger partial charge is 0.338 e. The molecule has 2 aromatic carbocycles. The minimum absolute atomic E-state index is 0.280. The molecule has 2 aliphatic heterocycles. The van der Waals surface area contributed by atoms with Gasteiger partial charge in [-0.05, 0) is 29.8 Å². The third-order valence-corrected chi connectivity index (χ3v) is 6.47. The fourth-order valence-electron chi connectivity index (χ4n) is 4.46. The van der Waals surface area contributed by atoms with Crippen molar-refractivity contribution in [2.24, 2.45) is 0 Å². The summed E-state index contributed by atoms with van der Waals surface area (Å²) in [6.45, 7) is -1.05. The van der Waals surface area contributed by atoms with Crippen LogP contribution in [0, 0.1) is 0 Å². The van der Waals surface area contributed by atoms with E-state index in [-0.39, 0.29) is 5.56 Å². The van der Waals surface area contributed by atoms with Gasteiger partial charge in [0.05, 0.1) is 33.5 Å². The monoisotopic (exact) mass is 554 g/mol. The Hall–Kier alpha value is -3.53. The SMILES string of the molecule is COc1cc([C@@H]2O[C@H]3[C@H](O[C@H]2CO)O[C@H](COC(=O)c2cc(O)c(O)c(O)c2)[C@@H](O)[C@@H]3O)cc(OC)c1OC. The second-order valence-corrected chi connectivity index (χ2v) is 8.82. The summed E-state index contributed by atoms with van der Waals surface area (Å²) in [4.78, 5) is 12.4. The van der Waals surface area contributed by atoms with Crippen LogP contribution in [0.4, 0.5) is 0 Å². The minimum Gasteiger partial charge on any atom is -0.504 e. The number of aliphatic hydroxyl groups is 3. The Labute approximate surface area is 222 Å². The average molecular weight is 555 g/mol. The van der Waals surface area contributed by atoms with E-state index in [9.17, 15) is 35.4 Å². The number of methoxy groups -OCH3 is 3. The molecule has 0 aliphatic carbocycles. The van der Waals surface area contributed by atoms with Gasteiger partial charge in [-0.15, -0.1) is 0 Å². The summed E-state index contributed by atoms with van der Waals surface area (Å²) in [5.41, 5.74) is 0.192. The van der Waals surface area contributed by atoms with Crippen LogP contribution in [0.2, 0.25) is 0 Å². The van der Waals surface area contributed by atoms with Crippen molar-refractivity contribution in [2.45, 2.75) is 42.9 Å². The van der Waals surface area contributed by atoms with Crippen LogP contribution in [-0.2, 0) is 18.9 Å². The van der Waals surface area contributed by atoms with Crippen molar-refractivity contribution in [3.63, 3.8) is 0 Å². The van der Waals surface area contributed by atoms with Gasteiger partial charge in [0.25, 0.3) is 0 Å². The van der Waals surface area contributed by atoms with Gasteiger partial charge in [-0.1, -0.05) is 0 Å². The molecule has 0 unspecified atom stereocenters. The number of phenolic OH excluding ortho intramolecular Hbond substituents is 3. The Morgan fingerprint density at radius 1 is 0.846 bits per heavy atom. The predicted molar refractivity (Wildman–Crippen MR) is 128 cm³/mol. The highest BCUT2D eigenvalue weighted by molar-refractivity contribution is 5.91. The number of aliphatic hydroxyl groups excluding tert-OH is 3. The van der Waals surface area contributed by atoms with E-state index in [0.29, 0.717) is 22.8 Å². The molecule has 0 radical (unpaired) electrons. The summed E-state index contributed by atoms with van der Waals surface area (Å²) in [5.74, 6) is -2.30. The molecule has 0 saturated carbocycles. The summed E-state index contributed by atoms with van der Waals surface area (Å²) < 4.78 is 38.8. The molecule has 4 rings (SSSR count). The van der Waals surface area contributed by atoms with Crippen LogP contribution < -0.4 is 14.2 Å². The van der Waals surface area contributed by atoms with Gasteiger partial charge >= 0.3 is 5.97 Å². The summed E-state index contributed by atoms with van der Waals surface area (Å²) >= 11 is 0. The highest BCUT2D eigenvalue weighted by atomic mass is 16.7. The molecule has 14 nitrogen and oxygen atoms in total. The molecular formula is C25H30O14. The van der Waals surface area contributed by atoms with E-state index in [0.717, 1.165) is 12.1 Å². The van der Waals surface area contributed by atoms with Crippen LogP contribution in [0.5, 0.6) is 34.5 Å². The Balaban J connectivity index is 1.49. The van der Waals surface area contributed by atoms with Gasteiger partial charge in [-0.3, -0.25) is 0 Å². The summed E-state index contributed by atoms with van der Waals surface area (Å²) in [6.07, 6.45) is -8.71. The molecule has 2 heterocycles. The lowest BCUT2D eigenvalue weighted by molar-refractivity contribution is -0.370. The molecule has 0 amide bonds. The van der Waals surface area contributed by atoms with Gasteiger partial charge in [0.1, 0.15) is 43.2 Å². The third-order valence-electron chi connectivity index (χ3n) is 6.47. The Morgan fingerprint density at radius 2 is 1.44 bits per heavy atom. The first kappa shape index (κ1) is 28.5. The van der Waals surface area contributed by atoms with Crippen molar-refractivity contribution in [1.82, 2.24) is 0 Å². The fourth-order valence-corrected chi connectivity index (χ4v) is 4.46. The molecule has 14 heteroatoms. The van der Waals surface area contributed by atoms with E-state index in [2.05, 4.69) is 0 Å². The molecule has 214 valence electrons. The number of carbonyl (C=O) groups is 1. The molecule has 0 bridgehead atoms. The van der Waals surface area contributed by atoms with E-state index < -0.39 is 79.3 Å². The first-order valence-electron chi connectivity index (χ1n) is 11.8. The lowest BCUT2D eigenvalue weighted by atomic mass is 9.95. The van der Waals surface area contributed by atoms with Gasteiger partial charge in [-0.2, -0.15) is 0 Å². The van der Waals surface area contributed by atoms with E-state index in [1.807, 2.05) is 0 Å². The number of rotatable bonds is 8. The highest BCUT2D eigenvalue weighted by Crippen LogP contribution is 2.44. The number of carbonyl (C=O) groups excluding carboxylic acids is 1. The number of hydrogen-bond donors (Lipinski definition) is 6. The number of ether oxygens (including phenoxy) is 7. The molecule has 2 aliphatic rings. The van der Waals surface area contributed by atoms with Crippen molar-refractivity contribution in [1.29, 1.82) is 0 Å². The largest absolute Gasteiger partial charge is 0.504 e. The molecule has 39 heavy (non-hydrogen) atoms. The predicted octanol–water partition coefficient (Wildman–Crippen LogP) is -0.0497. The van der Waals surface area contributed by atoms with Crippen molar-refractivity contribution in [3.05, 3.63) is 35.4 Å². The number of phenols is 3. The number of aromatic hydroxyl groups is 3. The standard InChI is InChI=1S/C25H30O14/c1-33-14-6-10(7-15(34-2)22(14)35-3)21-16(8-26)37-25-23(39-21)20(31)19(30)17(38-25)9-36-24(32)11-4-12(27)18(29)13(28)5-11/h4-7,16-17,19-21,23,25-31H,8-9H2,1-3H3/t16-,17+,19+,20-,21-,23+,25+/m0/s1. The normalized spacial score (nSPS) is 28.3. The molecule has 0 spiro atoms. The van der Waals surface area contributed by atoms with Crippen molar-refractivity contribution in [3.8, 4) is 34.5 Å². The molecule has 2 saturated heterocycles. The maximum Gasteiger partial charge on any atom is 0.338 e. The summed E-state index contributed by atoms with van der Waals surface area (Å²) in [6, 6.07) is 4.97. The van der Waals surface area contributed by atoms with Crippen LogP contribution in [0.1, 0.15) is 22.0 Å². The lowest BCUT2D eigenvalue weighted by Crippen LogP contribution is -2.64. The maximum absolute atomic E-state index is 12.4. The van der Waals surface area contributed by atoms with Crippen LogP contribution in [0.15, 0.2) is 24.3 Å². The van der Waals surface area contributed by atoms with E-state index in [1.165, 1.54) is 21.3 Å². The zero-order chi connectivity index (χ0) is 28.4. The first-order valence-corrected chi connectivity index (χ1v) is 11.8. The van der Waals surface area contributed by atoms with E-state index >= 15 is 0 Å². The Kier molecular flexibility index (Phi) is 8.54. The van der Waals surface area contributed by atoms with Crippen molar-refractivity contribution >= 4 is 5.97 Å². The quantitative estimate of drug-likeness (QED) is 0.187. The molecule has 0 aromatic heterocycles. The first-order chi connectivity index (χ1) is 18.6. The van der Waals surface area contributed by atoms with Gasteiger partial charge in [0.2, 0.25) is 5.75 Å². The van der Waals surface area contributed by atoms with Crippen LogP contribution in [0.25, 0.3) is 0 Å². The Morgan fingerprint density at radius 3 is 1.97 bits per heavy atom. The van der Waals surface area contributed by atoms with Gasteiger partial charge in [0, 0.05) is 0 Å². The minimum atomic E-state index is -1.57. The highest BCUT2D eigenvalue weighted by Gasteiger charge is 2.52. The van der Waals surface area contributed by atoms with Gasteiger partial charge in [0.15, 0.2) is 35.0 Å². The maximum atomic E-state index is 12.4. The molecule has 2 fully saturated rings. The van der Waals surface area contributed by atoms with Crippen LogP contribution in [0.3, 0.4) is 0 Å². The van der Waals surface area contributed by atoms with Gasteiger partial charge in [-0.25, -0.2) is 4.79 Å². The Bertz CT molecular complexity index is 1140. The van der Waals surface area contributed by atoms with E-state index in [1.54, 1.807) is 12.1 Å². The zero-order valence-corrected chi connectivity index (χ0v) is 21.2. The van der Waals surface area contributed by atoms with Gasteiger partial charge < -0.3 is 63.8 Å². The van der Waals surface area contributed by atoms with Crippen LogP contribution in [-0.4, -0.2) is 108 Å². The second kappa shape index (κ2) is 11.7. The second-order valence-electron chi connectivity index (χ2n) is 8.82. The molecule has 6 N–H and O–H groups in total. The number of esters is 1. The van der Waals surface area contributed by atoms with E-state index in [4.69, 9.17) is 33.2 Å². The van der Waals surface area contributed by atoms with Crippen molar-refractivity contribution < 1.29 is 68.6 Å². The number of fused-ring (bicyclic) bond motifs is 1. The fraction of sp³-hybridized carbons (Fsp3) is 0.480.